The van der Waals surface area contributed by atoms with Crippen molar-refractivity contribution in [2.75, 3.05) is 13.1 Å². The fourth-order valence-electron chi connectivity index (χ4n) is 3.58. The number of fused-ring (bicyclic) bond motifs is 1. The van der Waals surface area contributed by atoms with Crippen molar-refractivity contribution in [3.63, 3.8) is 0 Å². The van der Waals surface area contributed by atoms with Gasteiger partial charge in [0.25, 0.3) is 0 Å². The topological polar surface area (TPSA) is 69.8 Å². The molecule has 5 rings (SSSR count). The fraction of sp³-hybridized carbons (Fsp3) is 0.238. The number of ether oxygens (including phenoxy) is 1. The molecule has 1 fully saturated rings. The molecule has 0 saturated carbocycles. The molecular formula is C21H21N5O. The predicted molar refractivity (Wildman–Crippen MR) is 105 cm³/mol. The number of benzene rings is 2. The Kier molecular flexibility index (Phi) is 4.10. The molecule has 0 aliphatic carbocycles. The van der Waals surface area contributed by atoms with E-state index in [0.29, 0.717) is 0 Å². The maximum Gasteiger partial charge on any atom is 0.129 e. The molecule has 6 nitrogen and oxygen atoms in total. The lowest BCUT2D eigenvalue weighted by molar-refractivity contribution is 0.324. The summed E-state index contributed by atoms with van der Waals surface area (Å²) in [4.78, 5) is 10.6. The van der Waals surface area contributed by atoms with Crippen LogP contribution in [0.3, 0.4) is 0 Å². The molecule has 1 aliphatic rings. The zero-order valence-corrected chi connectivity index (χ0v) is 15.0. The fourth-order valence-corrected chi connectivity index (χ4v) is 3.58. The summed E-state index contributed by atoms with van der Waals surface area (Å²) in [5.74, 6) is 2.61. The van der Waals surface area contributed by atoms with Crippen LogP contribution in [0.2, 0.25) is 0 Å². The van der Waals surface area contributed by atoms with Gasteiger partial charge in [-0.2, -0.15) is 5.10 Å². The first-order valence-corrected chi connectivity index (χ1v) is 9.32. The van der Waals surface area contributed by atoms with E-state index in [4.69, 9.17) is 9.72 Å². The Balaban J connectivity index is 1.32. The minimum atomic E-state index is 0.788. The number of hydrogen-bond acceptors (Lipinski definition) is 4. The van der Waals surface area contributed by atoms with Gasteiger partial charge in [-0.15, -0.1) is 0 Å². The molecule has 1 saturated heterocycles. The van der Waals surface area contributed by atoms with Gasteiger partial charge in [-0.25, -0.2) is 4.98 Å². The van der Waals surface area contributed by atoms with Crippen LogP contribution in [0.15, 0.2) is 54.7 Å². The maximum atomic E-state index is 6.01. The highest BCUT2D eigenvalue weighted by atomic mass is 16.5. The summed E-state index contributed by atoms with van der Waals surface area (Å²) in [6.45, 7) is 3.22. The first-order valence-electron chi connectivity index (χ1n) is 9.32. The SMILES string of the molecule is c1cc(-c2ccc(Oc3ccc4[nH]c(CN5CCCC5)nc4c3)cc2)[nH]n1. The largest absolute Gasteiger partial charge is 0.457 e. The second-order valence-electron chi connectivity index (χ2n) is 6.94. The minimum absolute atomic E-state index is 0.788. The van der Waals surface area contributed by atoms with Crippen molar-refractivity contribution < 1.29 is 4.74 Å². The number of aromatic amines is 2. The maximum absolute atomic E-state index is 6.01. The molecule has 0 atom stereocenters. The summed E-state index contributed by atoms with van der Waals surface area (Å²) < 4.78 is 6.01. The summed E-state index contributed by atoms with van der Waals surface area (Å²) in [5.41, 5.74) is 4.06. The van der Waals surface area contributed by atoms with E-state index in [1.807, 2.05) is 48.5 Å². The Morgan fingerprint density at radius 1 is 0.963 bits per heavy atom. The molecule has 0 amide bonds. The van der Waals surface area contributed by atoms with E-state index < -0.39 is 0 Å². The van der Waals surface area contributed by atoms with E-state index in [-0.39, 0.29) is 0 Å². The van der Waals surface area contributed by atoms with Gasteiger partial charge in [-0.3, -0.25) is 10.00 Å². The van der Waals surface area contributed by atoms with Crippen molar-refractivity contribution in [2.24, 2.45) is 0 Å². The third-order valence-corrected chi connectivity index (χ3v) is 4.98. The molecule has 27 heavy (non-hydrogen) atoms. The molecule has 4 aromatic rings. The highest BCUT2D eigenvalue weighted by Crippen LogP contribution is 2.27. The predicted octanol–water partition coefficient (Wildman–Crippen LogP) is 4.34. The number of hydrogen-bond donors (Lipinski definition) is 2. The van der Waals surface area contributed by atoms with Crippen molar-refractivity contribution in [2.45, 2.75) is 19.4 Å². The van der Waals surface area contributed by atoms with Crippen LogP contribution in [0.5, 0.6) is 11.5 Å². The number of likely N-dealkylation sites (tertiary alicyclic amines) is 1. The summed E-state index contributed by atoms with van der Waals surface area (Å²) in [7, 11) is 0. The van der Waals surface area contributed by atoms with E-state index in [1.54, 1.807) is 6.20 Å². The van der Waals surface area contributed by atoms with Gasteiger partial charge >= 0.3 is 0 Å². The first kappa shape index (κ1) is 16.1. The monoisotopic (exact) mass is 359 g/mol. The Bertz CT molecular complexity index is 1030. The third kappa shape index (κ3) is 3.44. The molecular weight excluding hydrogens is 338 g/mol. The van der Waals surface area contributed by atoms with E-state index in [0.717, 1.165) is 46.2 Å². The average molecular weight is 359 g/mol. The lowest BCUT2D eigenvalue weighted by Gasteiger charge is -2.11. The standard InChI is InChI=1S/C21H21N5O/c1-2-12-26(11-1)14-21-23-19-8-7-17(13-20(19)24-21)27-16-5-3-15(4-6-16)18-9-10-22-25-18/h3-10,13H,1-2,11-12,14H2,(H,22,25)(H,23,24). The molecule has 2 aromatic carbocycles. The molecule has 0 bridgehead atoms. The van der Waals surface area contributed by atoms with Crippen LogP contribution >= 0.6 is 0 Å². The molecule has 0 unspecified atom stereocenters. The first-order chi connectivity index (χ1) is 13.3. The lowest BCUT2D eigenvalue weighted by Crippen LogP contribution is -2.19. The van der Waals surface area contributed by atoms with Gasteiger partial charge in [-0.05, 0) is 74.0 Å². The highest BCUT2D eigenvalue weighted by Gasteiger charge is 2.14. The van der Waals surface area contributed by atoms with Crippen LogP contribution in [0, 0.1) is 0 Å². The van der Waals surface area contributed by atoms with Gasteiger partial charge in [0.2, 0.25) is 0 Å². The molecule has 0 spiro atoms. The summed E-state index contributed by atoms with van der Waals surface area (Å²) >= 11 is 0. The van der Waals surface area contributed by atoms with E-state index in [1.165, 1.54) is 25.9 Å². The number of rotatable bonds is 5. The summed E-state index contributed by atoms with van der Waals surface area (Å²) in [6, 6.07) is 15.9. The van der Waals surface area contributed by atoms with Crippen molar-refractivity contribution in [3.05, 3.63) is 60.6 Å². The third-order valence-electron chi connectivity index (χ3n) is 4.98. The van der Waals surface area contributed by atoms with Crippen molar-refractivity contribution in [1.29, 1.82) is 0 Å². The van der Waals surface area contributed by atoms with Crippen LogP contribution in [-0.4, -0.2) is 38.2 Å². The Morgan fingerprint density at radius 3 is 2.56 bits per heavy atom. The Labute approximate surface area is 157 Å². The van der Waals surface area contributed by atoms with E-state index in [9.17, 15) is 0 Å². The number of imidazole rings is 1. The number of nitrogens with zero attached hydrogens (tertiary/aromatic N) is 3. The van der Waals surface area contributed by atoms with Gasteiger partial charge in [0.1, 0.15) is 17.3 Å². The molecule has 6 heteroatoms. The quantitative estimate of drug-likeness (QED) is 0.556. The van der Waals surface area contributed by atoms with Crippen LogP contribution in [0.1, 0.15) is 18.7 Å². The Hall–Kier alpha value is -3.12. The zero-order chi connectivity index (χ0) is 18.1. The molecule has 2 N–H and O–H groups in total. The van der Waals surface area contributed by atoms with E-state index in [2.05, 4.69) is 20.1 Å². The molecule has 2 aromatic heterocycles. The molecule has 0 radical (unpaired) electrons. The zero-order valence-electron chi connectivity index (χ0n) is 15.0. The molecule has 3 heterocycles. The number of H-pyrrole nitrogens is 2. The normalized spacial score (nSPS) is 14.8. The molecule has 136 valence electrons. The Morgan fingerprint density at radius 2 is 1.78 bits per heavy atom. The van der Waals surface area contributed by atoms with Crippen LogP contribution in [0.4, 0.5) is 0 Å². The van der Waals surface area contributed by atoms with Gasteiger partial charge in [0.15, 0.2) is 0 Å². The number of nitrogens with one attached hydrogen (secondary N) is 2. The number of aromatic nitrogens is 4. The van der Waals surface area contributed by atoms with Crippen molar-refractivity contribution >= 4 is 11.0 Å². The van der Waals surface area contributed by atoms with Crippen LogP contribution in [0.25, 0.3) is 22.3 Å². The van der Waals surface area contributed by atoms with Gasteiger partial charge in [-0.1, -0.05) is 0 Å². The minimum Gasteiger partial charge on any atom is -0.457 e. The van der Waals surface area contributed by atoms with Gasteiger partial charge < -0.3 is 9.72 Å². The lowest BCUT2D eigenvalue weighted by atomic mass is 10.1. The second kappa shape index (κ2) is 6.89. The summed E-state index contributed by atoms with van der Waals surface area (Å²) in [6.07, 6.45) is 4.32. The van der Waals surface area contributed by atoms with Crippen molar-refractivity contribution in [1.82, 2.24) is 25.1 Å². The average Bonchev–Trinajstić information content (AvgIpc) is 3.44. The summed E-state index contributed by atoms with van der Waals surface area (Å²) in [5, 5.41) is 6.95. The van der Waals surface area contributed by atoms with Crippen molar-refractivity contribution in [3.8, 4) is 22.8 Å². The molecule has 1 aliphatic heterocycles. The van der Waals surface area contributed by atoms with Gasteiger partial charge in [0.05, 0.1) is 23.3 Å². The van der Waals surface area contributed by atoms with Crippen LogP contribution < -0.4 is 4.74 Å². The van der Waals surface area contributed by atoms with E-state index >= 15 is 0 Å². The second-order valence-corrected chi connectivity index (χ2v) is 6.94. The van der Waals surface area contributed by atoms with Gasteiger partial charge in [0, 0.05) is 12.3 Å². The highest BCUT2D eigenvalue weighted by molar-refractivity contribution is 5.77. The smallest absolute Gasteiger partial charge is 0.129 e. The van der Waals surface area contributed by atoms with Crippen LogP contribution in [-0.2, 0) is 6.54 Å².